The monoisotopic (exact) mass is 516 g/mol. The summed E-state index contributed by atoms with van der Waals surface area (Å²) in [7, 11) is -1.36. The lowest BCUT2D eigenvalue weighted by Crippen LogP contribution is -2.38. The van der Waals surface area contributed by atoms with Crippen molar-refractivity contribution in [2.24, 2.45) is 0 Å². The van der Waals surface area contributed by atoms with Crippen LogP contribution in [0.25, 0.3) is 0 Å². The van der Waals surface area contributed by atoms with E-state index in [0.29, 0.717) is 11.4 Å². The van der Waals surface area contributed by atoms with Crippen molar-refractivity contribution in [2.45, 2.75) is 32.6 Å². The summed E-state index contributed by atoms with van der Waals surface area (Å²) in [6, 6.07) is 13.3. The lowest BCUT2D eigenvalue weighted by Gasteiger charge is -2.26. The summed E-state index contributed by atoms with van der Waals surface area (Å²) in [5, 5.41) is 3.09. The molecule has 0 spiro atoms. The number of halogens is 1. The first-order chi connectivity index (χ1) is 16.5. The normalized spacial score (nSPS) is 11.2. The van der Waals surface area contributed by atoms with Gasteiger partial charge in [0.05, 0.1) is 24.9 Å². The Balaban J connectivity index is 2.08. The average Bonchev–Trinajstić information content (AvgIpc) is 2.79. The maximum absolute atomic E-state index is 13.9. The number of hydrogen-bond acceptors (Lipinski definition) is 5. The lowest BCUT2D eigenvalue weighted by atomic mass is 10.1. The number of carbonyl (C=O) groups is 1. The second kappa shape index (κ2) is 10.6. The average molecular weight is 517 g/mol. The van der Waals surface area contributed by atoms with Crippen molar-refractivity contribution in [1.82, 2.24) is 0 Å². The molecule has 186 valence electrons. The minimum absolute atomic E-state index is 0.0533. The van der Waals surface area contributed by atoms with Crippen LogP contribution in [0.4, 0.5) is 11.4 Å². The van der Waals surface area contributed by atoms with E-state index < -0.39 is 22.5 Å². The number of aryl methyl sites for hydroxylation is 4. The summed E-state index contributed by atoms with van der Waals surface area (Å²) in [4.78, 5) is 13.1. The second-order valence-corrected chi connectivity index (χ2v) is 10.5. The Morgan fingerprint density at radius 2 is 1.49 bits per heavy atom. The largest absolute Gasteiger partial charge is 0.495 e. The van der Waals surface area contributed by atoms with Crippen molar-refractivity contribution in [2.75, 3.05) is 30.4 Å². The SMILES string of the molecule is COc1ccc(N(CC(=O)Nc2c(C)cc(C)cc2C)S(=O)(=O)c2cc(C)ccc2OC)cc1Cl. The van der Waals surface area contributed by atoms with Gasteiger partial charge < -0.3 is 14.8 Å². The molecule has 0 saturated carbocycles. The third-order valence-corrected chi connectivity index (χ3v) is 7.63. The van der Waals surface area contributed by atoms with Crippen LogP contribution in [0.5, 0.6) is 11.5 Å². The number of benzene rings is 3. The van der Waals surface area contributed by atoms with Crippen molar-refractivity contribution in [1.29, 1.82) is 0 Å². The Hall–Kier alpha value is -3.23. The van der Waals surface area contributed by atoms with E-state index in [1.807, 2.05) is 32.9 Å². The quantitative estimate of drug-likeness (QED) is 0.432. The summed E-state index contributed by atoms with van der Waals surface area (Å²) in [5.41, 5.74) is 4.44. The maximum Gasteiger partial charge on any atom is 0.268 e. The molecule has 0 aliphatic carbocycles. The molecule has 1 amide bonds. The number of ether oxygens (including phenoxy) is 2. The fourth-order valence-electron chi connectivity index (χ4n) is 3.92. The van der Waals surface area contributed by atoms with Gasteiger partial charge in [-0.15, -0.1) is 0 Å². The first-order valence-electron chi connectivity index (χ1n) is 10.9. The molecule has 0 aromatic heterocycles. The van der Waals surface area contributed by atoms with Crippen molar-refractivity contribution < 1.29 is 22.7 Å². The van der Waals surface area contributed by atoms with Gasteiger partial charge in [-0.1, -0.05) is 35.4 Å². The summed E-state index contributed by atoms with van der Waals surface area (Å²) in [6.45, 7) is 7.07. The van der Waals surface area contributed by atoms with Crippen molar-refractivity contribution in [3.63, 3.8) is 0 Å². The predicted molar refractivity (Wildman–Crippen MR) is 140 cm³/mol. The molecule has 0 atom stereocenters. The van der Waals surface area contributed by atoms with Crippen LogP contribution in [0.2, 0.25) is 5.02 Å². The highest BCUT2D eigenvalue weighted by Crippen LogP contribution is 2.35. The van der Waals surface area contributed by atoms with E-state index in [-0.39, 0.29) is 21.4 Å². The number of methoxy groups -OCH3 is 2. The third kappa shape index (κ3) is 5.71. The van der Waals surface area contributed by atoms with Crippen molar-refractivity contribution in [3.05, 3.63) is 75.8 Å². The van der Waals surface area contributed by atoms with E-state index >= 15 is 0 Å². The Morgan fingerprint density at radius 1 is 0.886 bits per heavy atom. The van der Waals surface area contributed by atoms with Crippen LogP contribution >= 0.6 is 11.6 Å². The van der Waals surface area contributed by atoms with Gasteiger partial charge in [-0.2, -0.15) is 0 Å². The Labute approximate surface area is 211 Å². The summed E-state index contributed by atoms with van der Waals surface area (Å²) >= 11 is 6.30. The van der Waals surface area contributed by atoms with E-state index in [2.05, 4.69) is 5.32 Å². The molecule has 3 aromatic rings. The molecule has 3 aromatic carbocycles. The second-order valence-electron chi connectivity index (χ2n) is 8.31. The van der Waals surface area contributed by atoms with Crippen LogP contribution in [0.1, 0.15) is 22.3 Å². The maximum atomic E-state index is 13.9. The Bertz CT molecular complexity index is 1350. The fraction of sp³-hybridized carbons (Fsp3) is 0.269. The van der Waals surface area contributed by atoms with Crippen LogP contribution in [0.3, 0.4) is 0 Å². The van der Waals surface area contributed by atoms with E-state index in [9.17, 15) is 13.2 Å². The number of carbonyl (C=O) groups excluding carboxylic acids is 1. The van der Waals surface area contributed by atoms with Crippen LogP contribution in [-0.2, 0) is 14.8 Å². The summed E-state index contributed by atoms with van der Waals surface area (Å²) in [6.07, 6.45) is 0. The number of rotatable bonds is 8. The molecule has 0 aliphatic heterocycles. The van der Waals surface area contributed by atoms with E-state index in [1.54, 1.807) is 31.2 Å². The van der Waals surface area contributed by atoms with Crippen LogP contribution in [0, 0.1) is 27.7 Å². The molecule has 9 heteroatoms. The van der Waals surface area contributed by atoms with Gasteiger partial charge in [0.15, 0.2) is 0 Å². The van der Waals surface area contributed by atoms with Crippen molar-refractivity contribution in [3.8, 4) is 11.5 Å². The summed E-state index contributed by atoms with van der Waals surface area (Å²) < 4.78 is 39.3. The van der Waals surface area contributed by atoms with Crippen LogP contribution in [0.15, 0.2) is 53.4 Å². The van der Waals surface area contributed by atoms with Gasteiger partial charge in [-0.25, -0.2) is 8.42 Å². The number of amides is 1. The minimum Gasteiger partial charge on any atom is -0.495 e. The molecule has 0 bridgehead atoms. The van der Waals surface area contributed by atoms with Crippen LogP contribution < -0.4 is 19.1 Å². The standard InChI is InChI=1S/C26H29ClN2O5S/c1-16-7-9-23(34-6)24(13-16)35(31,32)29(20-8-10-22(33-5)21(27)14-20)15-25(30)28-26-18(3)11-17(2)12-19(26)4/h7-14H,15H2,1-6H3,(H,28,30). The molecule has 3 rings (SSSR count). The van der Waals surface area contributed by atoms with Gasteiger partial charge in [-0.3, -0.25) is 9.10 Å². The van der Waals surface area contributed by atoms with E-state index in [4.69, 9.17) is 21.1 Å². The summed E-state index contributed by atoms with van der Waals surface area (Å²) in [5.74, 6) is 0.0595. The highest BCUT2D eigenvalue weighted by molar-refractivity contribution is 7.93. The zero-order chi connectivity index (χ0) is 25.9. The Kier molecular flexibility index (Phi) is 7.97. The zero-order valence-corrected chi connectivity index (χ0v) is 22.2. The number of nitrogens with zero attached hydrogens (tertiary/aromatic N) is 1. The zero-order valence-electron chi connectivity index (χ0n) is 20.6. The molecule has 0 radical (unpaired) electrons. The van der Waals surface area contributed by atoms with E-state index in [0.717, 1.165) is 26.6 Å². The van der Waals surface area contributed by atoms with Gasteiger partial charge in [0.2, 0.25) is 5.91 Å². The first kappa shape index (κ1) is 26.4. The molecular formula is C26H29ClN2O5S. The smallest absolute Gasteiger partial charge is 0.268 e. The molecule has 0 unspecified atom stereocenters. The van der Waals surface area contributed by atoms with Crippen LogP contribution in [-0.4, -0.2) is 35.1 Å². The Morgan fingerprint density at radius 3 is 2.06 bits per heavy atom. The number of hydrogen-bond donors (Lipinski definition) is 1. The molecule has 0 heterocycles. The first-order valence-corrected chi connectivity index (χ1v) is 12.7. The minimum atomic E-state index is -4.22. The number of nitrogens with one attached hydrogen (secondary N) is 1. The number of sulfonamides is 1. The molecule has 7 nitrogen and oxygen atoms in total. The molecular weight excluding hydrogens is 488 g/mol. The molecule has 1 N–H and O–H groups in total. The van der Waals surface area contributed by atoms with E-state index in [1.165, 1.54) is 26.4 Å². The van der Waals surface area contributed by atoms with Gasteiger partial charge in [0, 0.05) is 5.69 Å². The van der Waals surface area contributed by atoms with Gasteiger partial charge in [0.25, 0.3) is 10.0 Å². The van der Waals surface area contributed by atoms with Gasteiger partial charge in [-0.05, 0) is 74.7 Å². The fourth-order valence-corrected chi connectivity index (χ4v) is 5.82. The van der Waals surface area contributed by atoms with Crippen molar-refractivity contribution >= 4 is 38.9 Å². The van der Waals surface area contributed by atoms with Gasteiger partial charge in [0.1, 0.15) is 22.9 Å². The third-order valence-electron chi connectivity index (χ3n) is 5.54. The predicted octanol–water partition coefficient (Wildman–Crippen LogP) is 5.42. The van der Waals surface area contributed by atoms with Gasteiger partial charge >= 0.3 is 0 Å². The highest BCUT2D eigenvalue weighted by Gasteiger charge is 2.31. The highest BCUT2D eigenvalue weighted by atomic mass is 35.5. The number of anilines is 2. The molecule has 0 fully saturated rings. The molecule has 35 heavy (non-hydrogen) atoms. The topological polar surface area (TPSA) is 84.9 Å². The molecule has 0 saturated heterocycles. The lowest BCUT2D eigenvalue weighted by molar-refractivity contribution is -0.114. The molecule has 0 aliphatic rings.